The number of rotatable bonds is 4. The summed E-state index contributed by atoms with van der Waals surface area (Å²) in [4.78, 5) is 13.2. The van der Waals surface area contributed by atoms with Gasteiger partial charge in [0.1, 0.15) is 11.9 Å². The molecule has 1 aliphatic heterocycles. The fraction of sp³-hybridized carbons (Fsp3) is 0.348. The Labute approximate surface area is 182 Å². The molecule has 1 fully saturated rings. The lowest BCUT2D eigenvalue weighted by Crippen LogP contribution is -2.28. The molecular weight excluding hydrogens is 420 g/mol. The van der Waals surface area contributed by atoms with Crippen molar-refractivity contribution in [3.63, 3.8) is 0 Å². The van der Waals surface area contributed by atoms with E-state index >= 15 is 0 Å². The molecule has 2 aromatic carbocycles. The maximum atomic E-state index is 12.0. The SMILES string of the molecule is COC(=O)c1ccc2sc(C)c(-c3ccc(OC4CCS(O)(O)CC4)cc3C)c2c1. The van der Waals surface area contributed by atoms with Gasteiger partial charge in [0.2, 0.25) is 0 Å². The van der Waals surface area contributed by atoms with Crippen LogP contribution in [0, 0.1) is 13.8 Å². The van der Waals surface area contributed by atoms with E-state index in [2.05, 4.69) is 19.9 Å². The van der Waals surface area contributed by atoms with Gasteiger partial charge in [0.05, 0.1) is 12.7 Å². The van der Waals surface area contributed by atoms with E-state index in [9.17, 15) is 13.9 Å². The lowest BCUT2D eigenvalue weighted by Gasteiger charge is -2.39. The molecule has 7 heteroatoms. The Balaban J connectivity index is 1.64. The lowest BCUT2D eigenvalue weighted by atomic mass is 9.97. The zero-order chi connectivity index (χ0) is 21.5. The molecule has 0 unspecified atom stereocenters. The van der Waals surface area contributed by atoms with Crippen LogP contribution in [0.5, 0.6) is 5.75 Å². The average molecular weight is 447 g/mol. The van der Waals surface area contributed by atoms with E-state index in [1.807, 2.05) is 24.3 Å². The summed E-state index contributed by atoms with van der Waals surface area (Å²) in [6.07, 6.45) is 1.34. The summed E-state index contributed by atoms with van der Waals surface area (Å²) in [6, 6.07) is 11.8. The third kappa shape index (κ3) is 4.21. The Morgan fingerprint density at radius 3 is 2.50 bits per heavy atom. The molecular formula is C23H26O5S2. The molecule has 1 aromatic heterocycles. The van der Waals surface area contributed by atoms with Crippen molar-refractivity contribution in [2.75, 3.05) is 18.6 Å². The molecule has 0 saturated carbocycles. The van der Waals surface area contributed by atoms with Crippen molar-refractivity contribution in [1.82, 2.24) is 0 Å². The van der Waals surface area contributed by atoms with Crippen molar-refractivity contribution in [1.29, 1.82) is 0 Å². The second kappa shape index (κ2) is 8.23. The highest BCUT2D eigenvalue weighted by Gasteiger charge is 2.25. The second-order valence-electron chi connectivity index (χ2n) is 7.74. The highest BCUT2D eigenvalue weighted by molar-refractivity contribution is 8.24. The van der Waals surface area contributed by atoms with Crippen molar-refractivity contribution < 1.29 is 23.4 Å². The summed E-state index contributed by atoms with van der Waals surface area (Å²) >= 11 is 1.71. The van der Waals surface area contributed by atoms with Gasteiger partial charge in [-0.1, -0.05) is 6.07 Å². The number of hydrogen-bond acceptors (Lipinski definition) is 6. The van der Waals surface area contributed by atoms with Crippen LogP contribution in [0.4, 0.5) is 0 Å². The first-order chi connectivity index (χ1) is 14.3. The molecule has 0 aliphatic carbocycles. The van der Waals surface area contributed by atoms with Gasteiger partial charge in [-0.3, -0.25) is 9.11 Å². The summed E-state index contributed by atoms with van der Waals surface area (Å²) in [6.45, 7) is 4.16. The summed E-state index contributed by atoms with van der Waals surface area (Å²) in [7, 11) is -1.01. The third-order valence-corrected chi connectivity index (χ3v) is 8.45. The standard InChI is InChI=1S/C23H26O5S2/c1-14-12-18(28-17-8-10-30(25,26)11-9-17)5-6-19(14)22-15(2)29-21-7-4-16(13-20(21)22)23(24)27-3/h4-7,12-13,17,25-26H,8-11H2,1-3H3. The zero-order valence-corrected chi connectivity index (χ0v) is 18.9. The van der Waals surface area contributed by atoms with E-state index in [1.54, 1.807) is 17.4 Å². The van der Waals surface area contributed by atoms with E-state index in [0.717, 1.165) is 32.5 Å². The molecule has 30 heavy (non-hydrogen) atoms. The van der Waals surface area contributed by atoms with E-state index < -0.39 is 10.6 Å². The molecule has 1 saturated heterocycles. The number of ether oxygens (including phenoxy) is 2. The Morgan fingerprint density at radius 1 is 1.10 bits per heavy atom. The summed E-state index contributed by atoms with van der Waals surface area (Å²) in [5, 5.41) is 1.05. The smallest absolute Gasteiger partial charge is 0.337 e. The van der Waals surface area contributed by atoms with Crippen LogP contribution in [0.15, 0.2) is 36.4 Å². The number of methoxy groups -OCH3 is 1. The number of carbonyl (C=O) groups is 1. The van der Waals surface area contributed by atoms with Crippen molar-refractivity contribution >= 4 is 38.0 Å². The minimum Gasteiger partial charge on any atom is -0.490 e. The summed E-state index contributed by atoms with van der Waals surface area (Å²) in [5.41, 5.74) is 3.89. The van der Waals surface area contributed by atoms with Gasteiger partial charge >= 0.3 is 5.97 Å². The number of hydrogen-bond donors (Lipinski definition) is 2. The first kappa shape index (κ1) is 21.2. The van der Waals surface area contributed by atoms with Crippen LogP contribution < -0.4 is 4.74 Å². The molecule has 3 aromatic rings. The van der Waals surface area contributed by atoms with Crippen molar-refractivity contribution in [3.05, 3.63) is 52.4 Å². The van der Waals surface area contributed by atoms with Gasteiger partial charge in [0.15, 0.2) is 0 Å². The van der Waals surface area contributed by atoms with Crippen molar-refractivity contribution in [2.24, 2.45) is 0 Å². The molecule has 0 amide bonds. The second-order valence-corrected chi connectivity index (χ2v) is 11.4. The van der Waals surface area contributed by atoms with Crippen LogP contribution in [0.2, 0.25) is 0 Å². The van der Waals surface area contributed by atoms with E-state index in [0.29, 0.717) is 29.9 Å². The summed E-state index contributed by atoms with van der Waals surface area (Å²) < 4.78 is 31.7. The first-order valence-corrected chi connectivity index (χ1v) is 12.6. The maximum absolute atomic E-state index is 12.0. The normalized spacial score (nSPS) is 17.6. The van der Waals surface area contributed by atoms with Gasteiger partial charge in [-0.05, 0) is 55.3 Å². The number of thiophene rings is 1. The van der Waals surface area contributed by atoms with Crippen LogP contribution in [0.3, 0.4) is 0 Å². The quantitative estimate of drug-likeness (QED) is 0.462. The Hall–Kier alpha value is -2.06. The molecule has 1 aliphatic rings. The number of aryl methyl sites for hydroxylation is 2. The van der Waals surface area contributed by atoms with Crippen LogP contribution in [0.25, 0.3) is 21.2 Å². The number of esters is 1. The van der Waals surface area contributed by atoms with Gasteiger partial charge < -0.3 is 9.47 Å². The molecule has 160 valence electrons. The number of fused-ring (bicyclic) bond motifs is 1. The summed E-state index contributed by atoms with van der Waals surface area (Å²) in [5.74, 6) is 1.29. The van der Waals surface area contributed by atoms with Gasteiger partial charge in [-0.15, -0.1) is 11.3 Å². The molecule has 2 N–H and O–H groups in total. The highest BCUT2D eigenvalue weighted by Crippen LogP contribution is 2.45. The molecule has 0 atom stereocenters. The number of benzene rings is 2. The van der Waals surface area contributed by atoms with Crippen LogP contribution in [-0.2, 0) is 4.74 Å². The Morgan fingerprint density at radius 2 is 1.83 bits per heavy atom. The number of carbonyl (C=O) groups excluding carboxylic acids is 1. The van der Waals surface area contributed by atoms with Crippen molar-refractivity contribution in [3.8, 4) is 16.9 Å². The van der Waals surface area contributed by atoms with Crippen LogP contribution in [-0.4, -0.2) is 39.8 Å². The maximum Gasteiger partial charge on any atom is 0.337 e. The lowest BCUT2D eigenvalue weighted by molar-refractivity contribution is 0.0601. The predicted molar refractivity (Wildman–Crippen MR) is 124 cm³/mol. The fourth-order valence-electron chi connectivity index (χ4n) is 3.99. The van der Waals surface area contributed by atoms with Crippen LogP contribution in [0.1, 0.15) is 33.6 Å². The third-order valence-electron chi connectivity index (χ3n) is 5.59. The molecule has 0 radical (unpaired) electrons. The zero-order valence-electron chi connectivity index (χ0n) is 17.3. The Kier molecular flexibility index (Phi) is 5.81. The minimum absolute atomic E-state index is 0.0153. The van der Waals surface area contributed by atoms with Gasteiger partial charge in [-0.2, -0.15) is 10.6 Å². The van der Waals surface area contributed by atoms with Gasteiger partial charge in [-0.25, -0.2) is 4.79 Å². The minimum atomic E-state index is -2.40. The van der Waals surface area contributed by atoms with E-state index in [1.165, 1.54) is 12.0 Å². The van der Waals surface area contributed by atoms with E-state index in [4.69, 9.17) is 9.47 Å². The van der Waals surface area contributed by atoms with Gasteiger partial charge in [0.25, 0.3) is 0 Å². The van der Waals surface area contributed by atoms with Gasteiger partial charge in [0, 0.05) is 44.9 Å². The molecule has 4 rings (SSSR count). The molecule has 5 nitrogen and oxygen atoms in total. The topological polar surface area (TPSA) is 76.0 Å². The predicted octanol–water partition coefficient (Wildman–Crippen LogP) is 6.26. The average Bonchev–Trinajstić information content (AvgIpc) is 3.04. The fourth-order valence-corrected chi connectivity index (χ4v) is 6.53. The largest absolute Gasteiger partial charge is 0.490 e. The molecule has 0 bridgehead atoms. The monoisotopic (exact) mass is 446 g/mol. The first-order valence-electron chi connectivity index (χ1n) is 9.90. The molecule has 2 heterocycles. The highest BCUT2D eigenvalue weighted by atomic mass is 32.3. The van der Waals surface area contributed by atoms with Crippen molar-refractivity contribution in [2.45, 2.75) is 32.8 Å². The molecule has 0 spiro atoms. The van der Waals surface area contributed by atoms with E-state index in [-0.39, 0.29) is 12.1 Å². The Bertz CT molecular complexity index is 1090. The van der Waals surface area contributed by atoms with Crippen LogP contribution >= 0.6 is 21.9 Å².